The summed E-state index contributed by atoms with van der Waals surface area (Å²) in [6, 6.07) is 7.09. The molecule has 4 heteroatoms. The van der Waals surface area contributed by atoms with Gasteiger partial charge in [-0.1, -0.05) is 13.0 Å². The monoisotopic (exact) mass is 336 g/mol. The summed E-state index contributed by atoms with van der Waals surface area (Å²) in [7, 11) is 0. The maximum Gasteiger partial charge on any atom is 0.123 e. The molecule has 2 rings (SSSR count). The van der Waals surface area contributed by atoms with Crippen molar-refractivity contribution in [3.8, 4) is 0 Å². The molecule has 1 atom stereocenters. The normalized spacial score (nSPS) is 12.4. The van der Waals surface area contributed by atoms with Crippen LogP contribution < -0.4 is 5.32 Å². The van der Waals surface area contributed by atoms with Crippen molar-refractivity contribution in [2.24, 2.45) is 0 Å². The minimum absolute atomic E-state index is 0.0896. The summed E-state index contributed by atoms with van der Waals surface area (Å²) >= 11 is 3.43. The van der Waals surface area contributed by atoms with Crippen molar-refractivity contribution in [2.45, 2.75) is 26.3 Å². The van der Waals surface area contributed by atoms with Crippen LogP contribution in [-0.2, 0) is 6.42 Å². The summed E-state index contributed by atoms with van der Waals surface area (Å²) in [5, 5.41) is 3.43. The molecule has 20 heavy (non-hydrogen) atoms. The summed E-state index contributed by atoms with van der Waals surface area (Å²) in [4.78, 5) is 4.18. The van der Waals surface area contributed by atoms with Crippen LogP contribution >= 0.6 is 15.9 Å². The highest BCUT2D eigenvalue weighted by Gasteiger charge is 2.14. The maximum absolute atomic E-state index is 13.5. The number of aryl methyl sites for hydroxylation is 1. The summed E-state index contributed by atoms with van der Waals surface area (Å²) in [6.45, 7) is 4.90. The number of pyridine rings is 1. The van der Waals surface area contributed by atoms with Crippen molar-refractivity contribution < 1.29 is 4.39 Å². The van der Waals surface area contributed by atoms with Gasteiger partial charge in [-0.25, -0.2) is 4.39 Å². The lowest BCUT2D eigenvalue weighted by Crippen LogP contribution is -2.24. The fraction of sp³-hybridized carbons (Fsp3) is 0.312. The number of rotatable bonds is 5. The third kappa shape index (κ3) is 3.87. The number of hydrogen-bond acceptors (Lipinski definition) is 2. The largest absolute Gasteiger partial charge is 0.310 e. The second-order valence-corrected chi connectivity index (χ2v) is 5.74. The minimum Gasteiger partial charge on any atom is -0.310 e. The van der Waals surface area contributed by atoms with Gasteiger partial charge in [-0.15, -0.1) is 0 Å². The van der Waals surface area contributed by atoms with Crippen LogP contribution in [0.3, 0.4) is 0 Å². The van der Waals surface area contributed by atoms with Crippen LogP contribution in [0.1, 0.15) is 29.7 Å². The van der Waals surface area contributed by atoms with Gasteiger partial charge in [-0.3, -0.25) is 4.98 Å². The fourth-order valence-corrected chi connectivity index (χ4v) is 2.74. The second-order valence-electron chi connectivity index (χ2n) is 4.83. The van der Waals surface area contributed by atoms with E-state index in [4.69, 9.17) is 0 Å². The molecule has 1 heterocycles. The Labute approximate surface area is 127 Å². The molecule has 1 N–H and O–H groups in total. The van der Waals surface area contributed by atoms with Crippen LogP contribution in [0.15, 0.2) is 41.1 Å². The van der Waals surface area contributed by atoms with Gasteiger partial charge < -0.3 is 5.32 Å². The van der Waals surface area contributed by atoms with Crippen molar-refractivity contribution in [3.05, 3.63) is 63.6 Å². The SMILES string of the molecule is CCNC(Cc1cncc(Br)c1)c1cc(F)ccc1C. The van der Waals surface area contributed by atoms with Gasteiger partial charge in [-0.05, 0) is 70.7 Å². The van der Waals surface area contributed by atoms with Crippen molar-refractivity contribution in [3.63, 3.8) is 0 Å². The van der Waals surface area contributed by atoms with Crippen molar-refractivity contribution in [1.29, 1.82) is 0 Å². The third-order valence-corrected chi connectivity index (χ3v) is 3.70. The first-order valence-electron chi connectivity index (χ1n) is 6.69. The minimum atomic E-state index is -0.194. The van der Waals surface area contributed by atoms with Gasteiger partial charge in [0.2, 0.25) is 0 Å². The van der Waals surface area contributed by atoms with E-state index in [1.54, 1.807) is 12.3 Å². The predicted molar refractivity (Wildman–Crippen MR) is 83.2 cm³/mol. The molecule has 106 valence electrons. The number of likely N-dealkylation sites (N-methyl/N-ethyl adjacent to an activating group) is 1. The first-order valence-corrected chi connectivity index (χ1v) is 7.48. The standard InChI is InChI=1S/C16H18BrFN2/c1-3-20-16(7-12-6-13(17)10-19-9-12)15-8-14(18)5-4-11(15)2/h4-6,8-10,16,20H,3,7H2,1-2H3. The van der Waals surface area contributed by atoms with Gasteiger partial charge in [0.1, 0.15) is 5.82 Å². The number of hydrogen-bond donors (Lipinski definition) is 1. The number of halogens is 2. The lowest BCUT2D eigenvalue weighted by molar-refractivity contribution is 0.539. The number of nitrogens with zero attached hydrogens (tertiary/aromatic N) is 1. The molecule has 1 aromatic heterocycles. The van der Waals surface area contributed by atoms with Crippen LogP contribution in [0.4, 0.5) is 4.39 Å². The van der Waals surface area contributed by atoms with Crippen LogP contribution in [0.25, 0.3) is 0 Å². The first kappa shape index (κ1) is 15.1. The predicted octanol–water partition coefficient (Wildman–Crippen LogP) is 4.18. The summed E-state index contributed by atoms with van der Waals surface area (Å²) in [5.74, 6) is -0.194. The highest BCUT2D eigenvalue weighted by Crippen LogP contribution is 2.23. The molecule has 0 bridgehead atoms. The lowest BCUT2D eigenvalue weighted by Gasteiger charge is -2.20. The lowest BCUT2D eigenvalue weighted by atomic mass is 9.96. The van der Waals surface area contributed by atoms with E-state index in [9.17, 15) is 4.39 Å². The van der Waals surface area contributed by atoms with Crippen LogP contribution in [-0.4, -0.2) is 11.5 Å². The average molecular weight is 337 g/mol. The number of nitrogens with one attached hydrogen (secondary N) is 1. The Morgan fingerprint density at radius 1 is 1.30 bits per heavy atom. The zero-order valence-electron chi connectivity index (χ0n) is 11.7. The molecule has 0 radical (unpaired) electrons. The van der Waals surface area contributed by atoms with E-state index in [1.807, 2.05) is 25.3 Å². The highest BCUT2D eigenvalue weighted by molar-refractivity contribution is 9.10. The summed E-state index contributed by atoms with van der Waals surface area (Å²) in [5.41, 5.74) is 3.22. The Balaban J connectivity index is 2.29. The molecule has 0 spiro atoms. The van der Waals surface area contributed by atoms with Crippen molar-refractivity contribution in [2.75, 3.05) is 6.54 Å². The number of aromatic nitrogens is 1. The van der Waals surface area contributed by atoms with E-state index in [0.717, 1.165) is 34.1 Å². The smallest absolute Gasteiger partial charge is 0.123 e. The Bertz CT molecular complexity index is 586. The molecule has 2 nitrogen and oxygen atoms in total. The van der Waals surface area contributed by atoms with E-state index in [0.29, 0.717) is 0 Å². The quantitative estimate of drug-likeness (QED) is 0.885. The van der Waals surface area contributed by atoms with Crippen LogP contribution in [0.5, 0.6) is 0 Å². The first-order chi connectivity index (χ1) is 9.60. The van der Waals surface area contributed by atoms with E-state index < -0.39 is 0 Å². The van der Waals surface area contributed by atoms with Gasteiger partial charge >= 0.3 is 0 Å². The van der Waals surface area contributed by atoms with E-state index >= 15 is 0 Å². The van der Waals surface area contributed by atoms with E-state index in [2.05, 4.69) is 33.2 Å². The zero-order valence-corrected chi connectivity index (χ0v) is 13.2. The molecule has 0 aliphatic heterocycles. The molecule has 0 aliphatic carbocycles. The van der Waals surface area contributed by atoms with E-state index in [1.165, 1.54) is 6.07 Å². The molecule has 1 unspecified atom stereocenters. The van der Waals surface area contributed by atoms with Gasteiger partial charge in [0.15, 0.2) is 0 Å². The Morgan fingerprint density at radius 3 is 2.80 bits per heavy atom. The third-order valence-electron chi connectivity index (χ3n) is 3.27. The topological polar surface area (TPSA) is 24.9 Å². The van der Waals surface area contributed by atoms with Crippen molar-refractivity contribution in [1.82, 2.24) is 10.3 Å². The van der Waals surface area contributed by atoms with Crippen molar-refractivity contribution >= 4 is 15.9 Å². The summed E-state index contributed by atoms with van der Waals surface area (Å²) in [6.07, 6.45) is 4.40. The molecule has 0 saturated heterocycles. The van der Waals surface area contributed by atoms with E-state index in [-0.39, 0.29) is 11.9 Å². The summed E-state index contributed by atoms with van der Waals surface area (Å²) < 4.78 is 14.5. The molecule has 0 saturated carbocycles. The average Bonchev–Trinajstić information content (AvgIpc) is 2.41. The molecular weight excluding hydrogens is 319 g/mol. The number of benzene rings is 1. The second kappa shape index (κ2) is 6.95. The fourth-order valence-electron chi connectivity index (χ4n) is 2.33. The van der Waals surface area contributed by atoms with Gasteiger partial charge in [0, 0.05) is 22.9 Å². The van der Waals surface area contributed by atoms with Gasteiger partial charge in [0.25, 0.3) is 0 Å². The molecule has 2 aromatic rings. The Hall–Kier alpha value is -1.26. The van der Waals surface area contributed by atoms with Gasteiger partial charge in [0.05, 0.1) is 0 Å². The molecular formula is C16H18BrFN2. The highest BCUT2D eigenvalue weighted by atomic mass is 79.9. The molecule has 1 aromatic carbocycles. The Morgan fingerprint density at radius 2 is 2.10 bits per heavy atom. The molecule has 0 aliphatic rings. The van der Waals surface area contributed by atoms with Crippen LogP contribution in [0.2, 0.25) is 0 Å². The molecule has 0 fully saturated rings. The van der Waals surface area contributed by atoms with Crippen LogP contribution in [0, 0.1) is 12.7 Å². The Kier molecular flexibility index (Phi) is 5.26. The molecule has 0 amide bonds. The zero-order chi connectivity index (χ0) is 14.5. The van der Waals surface area contributed by atoms with Gasteiger partial charge in [-0.2, -0.15) is 0 Å². The maximum atomic E-state index is 13.5.